The molecule has 0 atom stereocenters. The van der Waals surface area contributed by atoms with Crippen LogP contribution in [0.3, 0.4) is 0 Å². The Hall–Kier alpha value is -4.84. The third-order valence-electron chi connectivity index (χ3n) is 7.31. The van der Waals surface area contributed by atoms with Crippen molar-refractivity contribution >= 4 is 65.2 Å². The highest BCUT2D eigenvalue weighted by molar-refractivity contribution is 6.15. The number of nitrogens with one attached hydrogen (secondary N) is 2. The molecule has 0 unspecified atom stereocenters. The van der Waals surface area contributed by atoms with Crippen LogP contribution < -0.4 is 21.7 Å². The van der Waals surface area contributed by atoms with Gasteiger partial charge in [-0.1, -0.05) is 48.5 Å². The van der Waals surface area contributed by atoms with Gasteiger partial charge in [-0.2, -0.15) is 0 Å². The fourth-order valence-corrected chi connectivity index (χ4v) is 5.70. The predicted octanol–water partition coefficient (Wildman–Crippen LogP) is 4.76. The molecule has 0 spiro atoms. The second kappa shape index (κ2) is 6.86. The van der Waals surface area contributed by atoms with Crippen LogP contribution in [0.2, 0.25) is 0 Å². The van der Waals surface area contributed by atoms with E-state index in [2.05, 4.69) is 9.97 Å². The highest BCUT2D eigenvalue weighted by atomic mass is 16.1. The van der Waals surface area contributed by atoms with Crippen LogP contribution in [-0.2, 0) is 0 Å². The highest BCUT2D eigenvalue weighted by Crippen LogP contribution is 2.29. The molecule has 1 aromatic heterocycles. The Morgan fingerprint density at radius 1 is 0.472 bits per heavy atom. The summed E-state index contributed by atoms with van der Waals surface area (Å²) >= 11 is 0. The number of benzene rings is 6. The molecule has 0 saturated carbocycles. The quantitative estimate of drug-likeness (QED) is 0.247. The maximum atomic E-state index is 13.6. The average molecular weight is 470 g/mol. The zero-order valence-corrected chi connectivity index (χ0v) is 19.4. The predicted molar refractivity (Wildman–Crippen MR) is 146 cm³/mol. The fraction of sp³-hybridized carbons (Fsp3) is 0.0667. The molecule has 2 N–H and O–H groups in total. The van der Waals surface area contributed by atoms with E-state index in [1.54, 1.807) is 74.5 Å². The van der Waals surface area contributed by atoms with Gasteiger partial charge in [-0.25, -0.2) is 0 Å². The van der Waals surface area contributed by atoms with E-state index in [0.29, 0.717) is 76.3 Å². The number of H-pyrrole nitrogens is 2. The Labute approximate surface area is 201 Å². The first kappa shape index (κ1) is 20.5. The molecular weight excluding hydrogens is 452 g/mol. The van der Waals surface area contributed by atoms with Crippen molar-refractivity contribution in [3.05, 3.63) is 113 Å². The van der Waals surface area contributed by atoms with Gasteiger partial charge in [-0.15, -0.1) is 0 Å². The zero-order chi connectivity index (χ0) is 24.9. The average Bonchev–Trinajstić information content (AvgIpc) is 2.88. The van der Waals surface area contributed by atoms with E-state index in [0.717, 1.165) is 0 Å². The Morgan fingerprint density at radius 2 is 0.778 bits per heavy atom. The molecule has 7 rings (SSSR count). The minimum absolute atomic E-state index is 0.188. The standard InChI is InChI=1S/C30H18N2O4/c1-13-11-19-25(23-21(13)27(33)15-7-3-5-9-17(15)29(23)35)32-20-12-14(2)22-24(26(20)31-19)30(36)18-10-6-4-8-16(18)28(22)34/h3-12,31-32H,1-2H3. The van der Waals surface area contributed by atoms with Crippen molar-refractivity contribution in [2.45, 2.75) is 13.8 Å². The molecule has 0 fully saturated rings. The normalized spacial score (nSPS) is 12.1. The summed E-state index contributed by atoms with van der Waals surface area (Å²) in [6.07, 6.45) is 0. The summed E-state index contributed by atoms with van der Waals surface area (Å²) in [4.78, 5) is 60.6. The summed E-state index contributed by atoms with van der Waals surface area (Å²) in [5, 5.41) is 2.92. The third kappa shape index (κ3) is 2.45. The number of fused-ring (bicyclic) bond motifs is 8. The lowest BCUT2D eigenvalue weighted by Crippen LogP contribution is -2.16. The van der Waals surface area contributed by atoms with Crippen LogP contribution in [0.25, 0.3) is 65.2 Å². The molecule has 6 heteroatoms. The van der Waals surface area contributed by atoms with Gasteiger partial charge in [0.25, 0.3) is 0 Å². The summed E-state index contributed by atoms with van der Waals surface area (Å²) in [7, 11) is 0. The molecule has 0 bridgehead atoms. The number of aromatic amines is 2. The number of aromatic nitrogens is 2. The molecule has 36 heavy (non-hydrogen) atoms. The Kier molecular flexibility index (Phi) is 3.91. The number of hydrogen-bond donors (Lipinski definition) is 2. The summed E-state index contributed by atoms with van der Waals surface area (Å²) in [6, 6.07) is 17.3. The fourth-order valence-electron chi connectivity index (χ4n) is 5.70. The van der Waals surface area contributed by atoms with Crippen molar-refractivity contribution in [1.29, 1.82) is 0 Å². The van der Waals surface area contributed by atoms with Crippen LogP contribution >= 0.6 is 0 Å². The molecule has 0 aliphatic carbocycles. The van der Waals surface area contributed by atoms with Crippen molar-refractivity contribution < 1.29 is 0 Å². The van der Waals surface area contributed by atoms with Crippen LogP contribution in [0, 0.1) is 13.8 Å². The van der Waals surface area contributed by atoms with E-state index in [9.17, 15) is 19.2 Å². The monoisotopic (exact) mass is 470 g/mol. The SMILES string of the molecule is Cc1cc2[nH]c3c(cc(C)c4c(=O)c5ccccc5c(=O)c43)[nH]c2c2c(=O)c3ccccc3c(=O)c12. The van der Waals surface area contributed by atoms with Gasteiger partial charge in [0.2, 0.25) is 0 Å². The molecule has 0 aliphatic rings. The number of aryl methyl sites for hydroxylation is 2. The molecule has 0 amide bonds. The largest absolute Gasteiger partial charge is 0.351 e. The van der Waals surface area contributed by atoms with E-state index in [1.807, 2.05) is 0 Å². The Balaban J connectivity index is 1.77. The number of hydrogen-bond acceptors (Lipinski definition) is 4. The van der Waals surface area contributed by atoms with E-state index >= 15 is 0 Å². The number of rotatable bonds is 0. The summed E-state index contributed by atoms with van der Waals surface area (Å²) in [5.74, 6) is 0. The molecule has 6 nitrogen and oxygen atoms in total. The van der Waals surface area contributed by atoms with E-state index in [-0.39, 0.29) is 21.7 Å². The van der Waals surface area contributed by atoms with Crippen LogP contribution in [-0.4, -0.2) is 9.97 Å². The van der Waals surface area contributed by atoms with Gasteiger partial charge in [-0.05, 0) is 37.1 Å². The maximum absolute atomic E-state index is 13.6. The van der Waals surface area contributed by atoms with Gasteiger partial charge in [0.05, 0.1) is 32.8 Å². The lowest BCUT2D eigenvalue weighted by molar-refractivity contribution is 1.38. The first-order chi connectivity index (χ1) is 17.4. The minimum Gasteiger partial charge on any atom is -0.351 e. The first-order valence-corrected chi connectivity index (χ1v) is 11.6. The second-order valence-corrected chi connectivity index (χ2v) is 9.39. The van der Waals surface area contributed by atoms with E-state index in [4.69, 9.17) is 0 Å². The van der Waals surface area contributed by atoms with Gasteiger partial charge in [0.15, 0.2) is 21.7 Å². The van der Waals surface area contributed by atoms with E-state index in [1.165, 1.54) is 0 Å². The lowest BCUT2D eigenvalue weighted by Gasteiger charge is -2.13. The van der Waals surface area contributed by atoms with E-state index < -0.39 is 0 Å². The van der Waals surface area contributed by atoms with Gasteiger partial charge in [0.1, 0.15) is 0 Å². The maximum Gasteiger partial charge on any atom is 0.196 e. The molecule has 0 radical (unpaired) electrons. The van der Waals surface area contributed by atoms with Crippen LogP contribution in [0.5, 0.6) is 0 Å². The lowest BCUT2D eigenvalue weighted by atomic mass is 9.96. The topological polar surface area (TPSA) is 99.9 Å². The second-order valence-electron chi connectivity index (χ2n) is 9.39. The zero-order valence-electron chi connectivity index (χ0n) is 19.4. The molecule has 6 aromatic carbocycles. The molecule has 1 heterocycles. The summed E-state index contributed by atoms with van der Waals surface area (Å²) in [6.45, 7) is 3.59. The summed E-state index contributed by atoms with van der Waals surface area (Å²) < 4.78 is 0. The third-order valence-corrected chi connectivity index (χ3v) is 7.31. The van der Waals surface area contributed by atoms with Crippen molar-refractivity contribution in [2.75, 3.05) is 0 Å². The van der Waals surface area contributed by atoms with Crippen LogP contribution in [0.4, 0.5) is 0 Å². The van der Waals surface area contributed by atoms with Gasteiger partial charge in [0, 0.05) is 32.3 Å². The van der Waals surface area contributed by atoms with Crippen molar-refractivity contribution in [3.63, 3.8) is 0 Å². The van der Waals surface area contributed by atoms with Gasteiger partial charge < -0.3 is 9.97 Å². The first-order valence-electron chi connectivity index (χ1n) is 11.6. The molecule has 0 saturated heterocycles. The smallest absolute Gasteiger partial charge is 0.196 e. The van der Waals surface area contributed by atoms with Crippen molar-refractivity contribution in [1.82, 2.24) is 9.97 Å². The summed E-state index contributed by atoms with van der Waals surface area (Å²) in [5.41, 5.74) is 2.61. The molecular formula is C30H18N2O4. The Morgan fingerprint density at radius 3 is 1.11 bits per heavy atom. The van der Waals surface area contributed by atoms with Crippen molar-refractivity contribution in [3.8, 4) is 0 Å². The molecule has 172 valence electrons. The molecule has 0 aliphatic heterocycles. The van der Waals surface area contributed by atoms with Gasteiger partial charge in [-0.3, -0.25) is 19.2 Å². The minimum atomic E-state index is -0.229. The van der Waals surface area contributed by atoms with Crippen LogP contribution in [0.15, 0.2) is 79.8 Å². The Bertz CT molecular complexity index is 2200. The molecule has 7 aromatic rings. The van der Waals surface area contributed by atoms with Crippen molar-refractivity contribution in [2.24, 2.45) is 0 Å². The highest BCUT2D eigenvalue weighted by Gasteiger charge is 2.19. The van der Waals surface area contributed by atoms with Crippen LogP contribution in [0.1, 0.15) is 11.1 Å². The van der Waals surface area contributed by atoms with Gasteiger partial charge >= 0.3 is 0 Å².